The quantitative estimate of drug-likeness (QED) is 0.451. The van der Waals surface area contributed by atoms with Crippen molar-refractivity contribution >= 4 is 17.3 Å². The van der Waals surface area contributed by atoms with Crippen molar-refractivity contribution in [3.05, 3.63) is 77.0 Å². The lowest BCUT2D eigenvalue weighted by Crippen LogP contribution is -2.43. The van der Waals surface area contributed by atoms with Crippen LogP contribution in [0.15, 0.2) is 48.9 Å². The summed E-state index contributed by atoms with van der Waals surface area (Å²) in [5, 5.41) is 4.37. The molecule has 4 rings (SSSR count). The van der Waals surface area contributed by atoms with E-state index < -0.39 is 0 Å². The highest BCUT2D eigenvalue weighted by Gasteiger charge is 2.30. The van der Waals surface area contributed by atoms with Gasteiger partial charge in [0.05, 0.1) is 23.1 Å². The normalized spacial score (nSPS) is 15.9. The van der Waals surface area contributed by atoms with Gasteiger partial charge in [-0.3, -0.25) is 14.6 Å². The zero-order valence-corrected chi connectivity index (χ0v) is 22.1. The third kappa shape index (κ3) is 5.30. The van der Waals surface area contributed by atoms with Crippen LogP contribution in [-0.4, -0.2) is 49.4 Å². The molecule has 0 aromatic carbocycles. The summed E-state index contributed by atoms with van der Waals surface area (Å²) in [4.78, 5) is 36.7. The number of carbonyl (C=O) groups is 2. The van der Waals surface area contributed by atoms with E-state index in [2.05, 4.69) is 22.2 Å². The minimum atomic E-state index is -0.375. The van der Waals surface area contributed by atoms with Crippen LogP contribution in [0.1, 0.15) is 72.9 Å². The highest BCUT2D eigenvalue weighted by Crippen LogP contribution is 2.31. The molecule has 0 bridgehead atoms. The van der Waals surface area contributed by atoms with Crippen molar-refractivity contribution in [3.63, 3.8) is 0 Å². The molecule has 3 heterocycles. The maximum absolute atomic E-state index is 13.1. The van der Waals surface area contributed by atoms with Gasteiger partial charge in [-0.15, -0.1) is 0 Å². The molecular formula is C29H35N5O2. The smallest absolute Gasteiger partial charge is 0.227 e. The van der Waals surface area contributed by atoms with Gasteiger partial charge in [-0.2, -0.15) is 5.10 Å². The van der Waals surface area contributed by atoms with Crippen molar-refractivity contribution in [1.82, 2.24) is 24.6 Å². The maximum Gasteiger partial charge on any atom is 0.227 e. The van der Waals surface area contributed by atoms with Gasteiger partial charge in [0.25, 0.3) is 0 Å². The van der Waals surface area contributed by atoms with E-state index in [-0.39, 0.29) is 29.6 Å². The van der Waals surface area contributed by atoms with Crippen molar-refractivity contribution in [2.45, 2.75) is 66.3 Å². The predicted octanol–water partition coefficient (Wildman–Crippen LogP) is 5.14. The van der Waals surface area contributed by atoms with E-state index in [1.54, 1.807) is 23.3 Å². The second-order valence-corrected chi connectivity index (χ2v) is 10.7. The van der Waals surface area contributed by atoms with E-state index in [1.165, 1.54) is 5.57 Å². The monoisotopic (exact) mass is 485 g/mol. The number of allylic oxidation sites excluding steroid dienone is 1. The van der Waals surface area contributed by atoms with Gasteiger partial charge in [-0.05, 0) is 61.9 Å². The van der Waals surface area contributed by atoms with Gasteiger partial charge < -0.3 is 4.90 Å². The Morgan fingerprint density at radius 2 is 1.92 bits per heavy atom. The molecule has 3 aromatic heterocycles. The van der Waals surface area contributed by atoms with Gasteiger partial charge in [0, 0.05) is 37.3 Å². The second-order valence-electron chi connectivity index (χ2n) is 10.7. The van der Waals surface area contributed by atoms with Crippen LogP contribution in [0.2, 0.25) is 0 Å². The van der Waals surface area contributed by atoms with E-state index in [0.29, 0.717) is 11.4 Å². The lowest BCUT2D eigenvalue weighted by molar-refractivity contribution is -0.140. The Morgan fingerprint density at radius 1 is 1.14 bits per heavy atom. The first-order valence-electron chi connectivity index (χ1n) is 12.5. The van der Waals surface area contributed by atoms with Crippen LogP contribution in [0.3, 0.4) is 0 Å². The van der Waals surface area contributed by atoms with Gasteiger partial charge in [0.15, 0.2) is 11.6 Å². The molecule has 7 nitrogen and oxygen atoms in total. The van der Waals surface area contributed by atoms with Gasteiger partial charge >= 0.3 is 0 Å². The van der Waals surface area contributed by atoms with Crippen LogP contribution in [0.25, 0.3) is 11.4 Å². The van der Waals surface area contributed by atoms with Crippen molar-refractivity contribution in [2.24, 2.45) is 5.41 Å². The molecule has 1 aliphatic rings. The summed E-state index contributed by atoms with van der Waals surface area (Å²) in [5.41, 5.74) is 5.13. The first kappa shape index (κ1) is 25.5. The van der Waals surface area contributed by atoms with Crippen LogP contribution in [0.4, 0.5) is 0 Å². The summed E-state index contributed by atoms with van der Waals surface area (Å²) < 4.78 is 1.69. The third-order valence-electron chi connectivity index (χ3n) is 6.87. The Hall–Kier alpha value is -3.61. The van der Waals surface area contributed by atoms with Gasteiger partial charge in [-0.1, -0.05) is 39.0 Å². The van der Waals surface area contributed by atoms with Gasteiger partial charge in [-0.25, -0.2) is 9.67 Å². The first-order chi connectivity index (χ1) is 17.1. The maximum atomic E-state index is 13.1. The fourth-order valence-electron chi connectivity index (χ4n) is 4.82. The largest absolute Gasteiger partial charge is 0.342 e. The second kappa shape index (κ2) is 10.2. The van der Waals surface area contributed by atoms with Crippen molar-refractivity contribution in [2.75, 3.05) is 7.05 Å². The molecular weight excluding hydrogens is 450 g/mol. The molecule has 1 aliphatic carbocycles. The molecule has 1 amide bonds. The number of hydrogen-bond acceptors (Lipinski definition) is 5. The number of amides is 1. The minimum Gasteiger partial charge on any atom is -0.342 e. The summed E-state index contributed by atoms with van der Waals surface area (Å²) in [7, 11) is 1.91. The fourth-order valence-corrected chi connectivity index (χ4v) is 4.82. The summed E-state index contributed by atoms with van der Waals surface area (Å²) in [6.07, 6.45) is 10.2. The predicted molar refractivity (Wildman–Crippen MR) is 141 cm³/mol. The van der Waals surface area contributed by atoms with Crippen LogP contribution in [0, 0.1) is 19.3 Å². The van der Waals surface area contributed by atoms with Crippen LogP contribution in [0.5, 0.6) is 0 Å². The number of carbonyl (C=O) groups excluding carboxylic acids is 2. The number of ketones is 1. The number of pyridine rings is 2. The average Bonchev–Trinajstić information content (AvgIpc) is 3.24. The molecule has 7 heteroatoms. The highest BCUT2D eigenvalue weighted by atomic mass is 16.2. The van der Waals surface area contributed by atoms with Crippen LogP contribution >= 0.6 is 0 Å². The Labute approximate surface area is 213 Å². The number of rotatable bonds is 6. The summed E-state index contributed by atoms with van der Waals surface area (Å²) in [5.74, 6) is 0.872. The molecule has 36 heavy (non-hydrogen) atoms. The molecule has 188 valence electrons. The SMILES string of the molecule is Cc1cc(CC(=O)c2cnn(-c3ccccn3)c2C)cnc1C1=CCC(N(C)C(=O)C(C)(C)C)CC1. The fraction of sp³-hybridized carbons (Fsp3) is 0.414. The van der Waals surface area contributed by atoms with E-state index in [4.69, 9.17) is 4.98 Å². The number of hydrogen-bond donors (Lipinski definition) is 0. The van der Waals surface area contributed by atoms with E-state index >= 15 is 0 Å². The van der Waals surface area contributed by atoms with Crippen molar-refractivity contribution in [1.29, 1.82) is 0 Å². The van der Waals surface area contributed by atoms with Crippen molar-refractivity contribution < 1.29 is 9.59 Å². The lowest BCUT2D eigenvalue weighted by Gasteiger charge is -2.35. The third-order valence-corrected chi connectivity index (χ3v) is 6.87. The Kier molecular flexibility index (Phi) is 7.20. The first-order valence-corrected chi connectivity index (χ1v) is 12.5. The molecule has 0 saturated heterocycles. The van der Waals surface area contributed by atoms with Gasteiger partial charge in [0.2, 0.25) is 5.91 Å². The molecule has 3 aromatic rings. The summed E-state index contributed by atoms with van der Waals surface area (Å²) in [6.45, 7) is 9.82. The van der Waals surface area contributed by atoms with Crippen LogP contribution < -0.4 is 0 Å². The van der Waals surface area contributed by atoms with E-state index in [1.807, 2.05) is 64.8 Å². The molecule has 0 spiro atoms. The van der Waals surface area contributed by atoms with E-state index in [0.717, 1.165) is 41.8 Å². The topological polar surface area (TPSA) is 81.0 Å². The van der Waals surface area contributed by atoms with E-state index in [9.17, 15) is 9.59 Å². The molecule has 0 aliphatic heterocycles. The number of aromatic nitrogens is 4. The van der Waals surface area contributed by atoms with Gasteiger partial charge in [0.1, 0.15) is 0 Å². The highest BCUT2D eigenvalue weighted by molar-refractivity contribution is 5.98. The lowest BCUT2D eigenvalue weighted by atomic mass is 9.88. The molecule has 0 saturated carbocycles. The number of Topliss-reactive ketones (excluding diaryl/α,β-unsaturated/α-hetero) is 1. The Balaban J connectivity index is 1.44. The van der Waals surface area contributed by atoms with Crippen LogP contribution in [-0.2, 0) is 11.2 Å². The molecule has 1 unspecified atom stereocenters. The summed E-state index contributed by atoms with van der Waals surface area (Å²) in [6, 6.07) is 7.88. The molecule has 1 atom stereocenters. The Morgan fingerprint density at radius 3 is 2.53 bits per heavy atom. The molecule has 0 radical (unpaired) electrons. The van der Waals surface area contributed by atoms with Crippen molar-refractivity contribution in [3.8, 4) is 5.82 Å². The number of nitrogens with zero attached hydrogens (tertiary/aromatic N) is 5. The molecule has 0 N–H and O–H groups in total. The molecule has 0 fully saturated rings. The standard InChI is InChI=1S/C29H35N5O2/c1-19-15-21(16-25(35)24-18-32-34(20(24)2)26-9-7-8-14-30-26)17-31-27(19)22-10-12-23(13-11-22)33(6)28(36)29(3,4)5/h7-10,14-15,17-18,23H,11-13,16H2,1-6H3. The average molecular weight is 486 g/mol. The minimum absolute atomic E-state index is 0.00917. The summed E-state index contributed by atoms with van der Waals surface area (Å²) >= 11 is 0. The zero-order valence-electron chi connectivity index (χ0n) is 22.1. The zero-order chi connectivity index (χ0) is 26.0. The Bertz CT molecular complexity index is 1300. The number of aryl methyl sites for hydroxylation is 1.